The molecule has 122 valence electrons. The molecule has 0 radical (unpaired) electrons. The van der Waals surface area contributed by atoms with Crippen LogP contribution in [0.5, 0.6) is 0 Å². The van der Waals surface area contributed by atoms with Gasteiger partial charge in [0.15, 0.2) is 21.9 Å². The summed E-state index contributed by atoms with van der Waals surface area (Å²) in [7, 11) is -2.92. The van der Waals surface area contributed by atoms with Crippen LogP contribution in [0.15, 0.2) is 60.7 Å². The van der Waals surface area contributed by atoms with E-state index in [1.807, 2.05) is 36.4 Å². The Labute approximate surface area is 137 Å². The lowest BCUT2D eigenvalue weighted by Crippen LogP contribution is -3.02. The van der Waals surface area contributed by atoms with Crippen LogP contribution in [0.1, 0.15) is 11.1 Å². The van der Waals surface area contributed by atoms with E-state index in [9.17, 15) is 8.42 Å². The van der Waals surface area contributed by atoms with E-state index in [4.69, 9.17) is 0 Å². The molecule has 0 spiro atoms. The molecule has 5 heteroatoms. The van der Waals surface area contributed by atoms with E-state index in [1.165, 1.54) is 11.1 Å². The van der Waals surface area contributed by atoms with Crippen LogP contribution >= 0.6 is 0 Å². The molecular formula is C18H24N2O2S+2. The van der Waals surface area contributed by atoms with Crippen LogP contribution in [0.2, 0.25) is 0 Å². The van der Waals surface area contributed by atoms with E-state index >= 15 is 0 Å². The Morgan fingerprint density at radius 1 is 0.739 bits per heavy atom. The van der Waals surface area contributed by atoms with Gasteiger partial charge in [-0.25, -0.2) is 8.42 Å². The molecule has 0 unspecified atom stereocenters. The summed E-state index contributed by atoms with van der Waals surface area (Å²) in [6, 6.07) is 20.7. The van der Waals surface area contributed by atoms with Crippen LogP contribution in [0.3, 0.4) is 0 Å². The van der Waals surface area contributed by atoms with Gasteiger partial charge in [0.05, 0.1) is 0 Å². The van der Waals surface area contributed by atoms with E-state index in [0.717, 1.165) is 13.1 Å². The summed E-state index contributed by atoms with van der Waals surface area (Å²) in [4.78, 5) is 0. The van der Waals surface area contributed by atoms with Gasteiger partial charge in [-0.1, -0.05) is 60.7 Å². The quantitative estimate of drug-likeness (QED) is 0.761. The third-order valence-electron chi connectivity index (χ3n) is 4.44. The van der Waals surface area contributed by atoms with E-state index in [1.54, 1.807) is 0 Å². The molecule has 3 rings (SSSR count). The zero-order valence-electron chi connectivity index (χ0n) is 13.1. The minimum Gasteiger partial charge on any atom is -0.334 e. The van der Waals surface area contributed by atoms with Crippen LogP contribution in [0.25, 0.3) is 0 Å². The van der Waals surface area contributed by atoms with Crippen LogP contribution in [0.4, 0.5) is 0 Å². The molecule has 0 bridgehead atoms. The highest BCUT2D eigenvalue weighted by molar-refractivity contribution is 7.91. The average molecular weight is 332 g/mol. The molecule has 0 aliphatic carbocycles. The summed E-state index contributed by atoms with van der Waals surface area (Å²) in [5.41, 5.74) is 2.47. The fraction of sp³-hybridized carbons (Fsp3) is 0.333. The first-order valence-corrected chi connectivity index (χ1v) is 9.89. The standard InChI is InChI=1S/C18H22N2O2S/c21-23(22)13-17(19-11-15-7-3-1-4-8-15)18(14-23)20-12-16-9-5-2-6-10-16/h1-10,17-20H,11-14H2/p+2/t17-,18-/m0/s1. The zero-order chi connectivity index (χ0) is 16.1. The number of sulfone groups is 1. The van der Waals surface area contributed by atoms with Gasteiger partial charge in [-0.15, -0.1) is 0 Å². The highest BCUT2D eigenvalue weighted by Gasteiger charge is 2.42. The van der Waals surface area contributed by atoms with E-state index in [0.29, 0.717) is 0 Å². The third-order valence-corrected chi connectivity index (χ3v) is 6.23. The normalized spacial score (nSPS) is 23.0. The summed E-state index contributed by atoms with van der Waals surface area (Å²) in [5, 5.41) is 4.37. The third kappa shape index (κ3) is 4.64. The van der Waals surface area contributed by atoms with Gasteiger partial charge in [0.25, 0.3) is 0 Å². The van der Waals surface area contributed by atoms with Crippen molar-refractivity contribution in [3.05, 3.63) is 71.8 Å². The minimum atomic E-state index is -2.92. The molecule has 4 N–H and O–H groups in total. The van der Waals surface area contributed by atoms with Gasteiger partial charge in [0.1, 0.15) is 24.6 Å². The number of hydrogen-bond donors (Lipinski definition) is 2. The van der Waals surface area contributed by atoms with Crippen molar-refractivity contribution in [2.24, 2.45) is 0 Å². The van der Waals surface area contributed by atoms with Gasteiger partial charge in [-0.2, -0.15) is 0 Å². The lowest BCUT2D eigenvalue weighted by molar-refractivity contribution is -0.780. The van der Waals surface area contributed by atoms with Crippen molar-refractivity contribution in [3.63, 3.8) is 0 Å². The molecule has 0 amide bonds. The molecule has 2 aromatic rings. The Morgan fingerprint density at radius 3 is 1.52 bits per heavy atom. The molecular weight excluding hydrogens is 308 g/mol. The van der Waals surface area contributed by atoms with Crippen molar-refractivity contribution in [1.29, 1.82) is 0 Å². The smallest absolute Gasteiger partial charge is 0.162 e. The summed E-state index contributed by atoms with van der Waals surface area (Å²) in [5.74, 6) is 0.575. The van der Waals surface area contributed by atoms with Crippen LogP contribution < -0.4 is 10.6 Å². The molecule has 1 fully saturated rings. The minimum absolute atomic E-state index is 0.129. The van der Waals surface area contributed by atoms with Crippen molar-refractivity contribution in [2.45, 2.75) is 25.2 Å². The first-order valence-electron chi connectivity index (χ1n) is 8.07. The molecule has 1 heterocycles. The van der Waals surface area contributed by atoms with Gasteiger partial charge < -0.3 is 10.6 Å². The van der Waals surface area contributed by atoms with E-state index in [2.05, 4.69) is 34.9 Å². The summed E-state index contributed by atoms with van der Waals surface area (Å²) >= 11 is 0. The summed E-state index contributed by atoms with van der Waals surface area (Å²) in [6.45, 7) is 1.66. The summed E-state index contributed by atoms with van der Waals surface area (Å²) in [6.07, 6.45) is 0. The topological polar surface area (TPSA) is 67.4 Å². The van der Waals surface area contributed by atoms with Crippen molar-refractivity contribution < 1.29 is 19.1 Å². The highest BCUT2D eigenvalue weighted by Crippen LogP contribution is 2.08. The fourth-order valence-electron chi connectivity index (χ4n) is 3.19. The lowest BCUT2D eigenvalue weighted by atomic mass is 10.1. The molecule has 1 aliphatic heterocycles. The Kier molecular flexibility index (Phi) is 5.10. The summed E-state index contributed by atoms with van der Waals surface area (Å²) < 4.78 is 24.1. The predicted molar refractivity (Wildman–Crippen MR) is 90.4 cm³/mol. The van der Waals surface area contributed by atoms with Gasteiger partial charge >= 0.3 is 0 Å². The van der Waals surface area contributed by atoms with Gasteiger partial charge in [-0.05, 0) is 0 Å². The lowest BCUT2D eigenvalue weighted by Gasteiger charge is -2.15. The number of benzene rings is 2. The van der Waals surface area contributed by atoms with E-state index < -0.39 is 9.84 Å². The molecule has 2 atom stereocenters. The number of nitrogens with two attached hydrogens (primary N) is 2. The first kappa shape index (κ1) is 16.2. The Morgan fingerprint density at radius 2 is 1.13 bits per heavy atom. The van der Waals surface area contributed by atoms with E-state index in [-0.39, 0.29) is 23.6 Å². The average Bonchev–Trinajstić information content (AvgIpc) is 2.87. The van der Waals surface area contributed by atoms with Gasteiger partial charge in [0.2, 0.25) is 0 Å². The Balaban J connectivity index is 1.60. The second-order valence-electron chi connectivity index (χ2n) is 6.26. The van der Waals surface area contributed by atoms with Crippen LogP contribution in [-0.4, -0.2) is 32.0 Å². The van der Waals surface area contributed by atoms with Crippen molar-refractivity contribution in [2.75, 3.05) is 11.5 Å². The maximum atomic E-state index is 12.0. The second-order valence-corrected chi connectivity index (χ2v) is 8.41. The fourth-order valence-corrected chi connectivity index (χ4v) is 5.27. The molecule has 23 heavy (non-hydrogen) atoms. The molecule has 2 aromatic carbocycles. The number of hydrogen-bond acceptors (Lipinski definition) is 2. The Bertz CT molecular complexity index is 660. The van der Waals surface area contributed by atoms with Gasteiger partial charge in [0, 0.05) is 11.1 Å². The Hall–Kier alpha value is -1.69. The van der Waals surface area contributed by atoms with Crippen molar-refractivity contribution in [3.8, 4) is 0 Å². The van der Waals surface area contributed by atoms with Crippen LogP contribution in [-0.2, 0) is 22.9 Å². The molecule has 1 aliphatic rings. The first-order chi connectivity index (χ1) is 11.1. The van der Waals surface area contributed by atoms with Gasteiger partial charge in [-0.3, -0.25) is 0 Å². The molecule has 1 saturated heterocycles. The largest absolute Gasteiger partial charge is 0.334 e. The highest BCUT2D eigenvalue weighted by atomic mass is 32.2. The maximum Gasteiger partial charge on any atom is 0.162 e. The van der Waals surface area contributed by atoms with Crippen molar-refractivity contribution in [1.82, 2.24) is 0 Å². The zero-order valence-corrected chi connectivity index (χ0v) is 14.0. The van der Waals surface area contributed by atoms with Crippen LogP contribution in [0, 0.1) is 0 Å². The molecule has 4 nitrogen and oxygen atoms in total. The predicted octanol–water partition coefficient (Wildman–Crippen LogP) is -0.321. The molecule has 0 aromatic heterocycles. The molecule has 0 saturated carbocycles. The second kappa shape index (κ2) is 7.25. The number of rotatable bonds is 6. The SMILES string of the molecule is O=S1(=O)C[C@H]([NH2+]Cc2ccccc2)[C@@H]([NH2+]Cc2ccccc2)C1. The maximum absolute atomic E-state index is 12.0. The number of quaternary nitrogens is 2. The van der Waals surface area contributed by atoms with Crippen molar-refractivity contribution >= 4 is 9.84 Å². The monoisotopic (exact) mass is 332 g/mol.